The van der Waals surface area contributed by atoms with Crippen molar-refractivity contribution < 1.29 is 22.3 Å². The van der Waals surface area contributed by atoms with E-state index in [1.807, 2.05) is 0 Å². The van der Waals surface area contributed by atoms with E-state index >= 15 is 0 Å². The van der Waals surface area contributed by atoms with E-state index in [9.17, 15) is 17.6 Å². The van der Waals surface area contributed by atoms with Gasteiger partial charge in [-0.2, -0.15) is 0 Å². The van der Waals surface area contributed by atoms with Gasteiger partial charge in [0.2, 0.25) is 10.0 Å². The number of methoxy groups -OCH3 is 1. The maximum atomic E-state index is 13.6. The van der Waals surface area contributed by atoms with Crippen LogP contribution in [0.1, 0.15) is 61.9 Å². The second-order valence-electron chi connectivity index (χ2n) is 8.49. The summed E-state index contributed by atoms with van der Waals surface area (Å²) in [5, 5.41) is 0. The summed E-state index contributed by atoms with van der Waals surface area (Å²) in [6, 6.07) is 10.4. The maximum absolute atomic E-state index is 13.6. The lowest BCUT2D eigenvalue weighted by Gasteiger charge is -2.35. The average molecular weight is 463 g/mol. The van der Waals surface area contributed by atoms with E-state index in [0.717, 1.165) is 37.7 Å². The van der Waals surface area contributed by atoms with E-state index in [1.165, 1.54) is 31.4 Å². The van der Waals surface area contributed by atoms with Crippen LogP contribution in [0.25, 0.3) is 0 Å². The van der Waals surface area contributed by atoms with E-state index in [2.05, 4.69) is 4.72 Å². The number of ether oxygens (including phenoxy) is 1. The van der Waals surface area contributed by atoms with Crippen LogP contribution >= 0.6 is 0 Å². The molecule has 174 valence electrons. The van der Waals surface area contributed by atoms with Gasteiger partial charge < -0.3 is 9.64 Å². The first-order valence-corrected chi connectivity index (χ1v) is 12.5. The Labute approximate surface area is 189 Å². The van der Waals surface area contributed by atoms with Gasteiger partial charge in [0, 0.05) is 24.2 Å². The molecule has 6 nitrogen and oxygen atoms in total. The lowest BCUT2D eigenvalue weighted by atomic mass is 9.93. The molecule has 1 aliphatic rings. The first-order chi connectivity index (χ1) is 15.2. The van der Waals surface area contributed by atoms with E-state index in [1.54, 1.807) is 36.9 Å². The summed E-state index contributed by atoms with van der Waals surface area (Å²) in [4.78, 5) is 15.3. The van der Waals surface area contributed by atoms with E-state index in [-0.39, 0.29) is 40.0 Å². The van der Waals surface area contributed by atoms with Crippen LogP contribution in [-0.2, 0) is 16.6 Å². The molecule has 0 aromatic heterocycles. The van der Waals surface area contributed by atoms with Gasteiger partial charge in [-0.3, -0.25) is 4.79 Å². The lowest BCUT2D eigenvalue weighted by molar-refractivity contribution is 0.0614. The highest BCUT2D eigenvalue weighted by Gasteiger charge is 2.29. The summed E-state index contributed by atoms with van der Waals surface area (Å²) in [6.07, 6.45) is 5.00. The number of amides is 1. The molecule has 0 heterocycles. The molecule has 0 radical (unpaired) electrons. The summed E-state index contributed by atoms with van der Waals surface area (Å²) in [5.74, 6) is -0.394. The molecule has 1 N–H and O–H groups in total. The van der Waals surface area contributed by atoms with Gasteiger partial charge in [-0.1, -0.05) is 31.4 Å². The highest BCUT2D eigenvalue weighted by molar-refractivity contribution is 7.89. The van der Waals surface area contributed by atoms with Crippen molar-refractivity contribution in [1.82, 2.24) is 9.62 Å². The number of carbonyl (C=O) groups is 1. The Kier molecular flexibility index (Phi) is 7.90. The second kappa shape index (κ2) is 10.4. The first-order valence-electron chi connectivity index (χ1n) is 11.0. The molecule has 1 amide bonds. The zero-order valence-electron chi connectivity index (χ0n) is 18.8. The number of hydrogen-bond acceptors (Lipinski definition) is 4. The highest BCUT2D eigenvalue weighted by atomic mass is 32.2. The molecule has 0 unspecified atom stereocenters. The monoisotopic (exact) mass is 462 g/mol. The third kappa shape index (κ3) is 5.86. The number of halogens is 1. The topological polar surface area (TPSA) is 75.7 Å². The molecule has 32 heavy (non-hydrogen) atoms. The summed E-state index contributed by atoms with van der Waals surface area (Å²) >= 11 is 0. The molecule has 0 atom stereocenters. The Bertz CT molecular complexity index is 1030. The quantitative estimate of drug-likeness (QED) is 0.627. The molecule has 0 saturated heterocycles. The third-order valence-electron chi connectivity index (χ3n) is 5.63. The highest BCUT2D eigenvalue weighted by Crippen LogP contribution is 2.29. The molecular weight excluding hydrogens is 431 g/mol. The van der Waals surface area contributed by atoms with Crippen LogP contribution in [0.15, 0.2) is 47.4 Å². The zero-order chi connectivity index (χ0) is 23.3. The van der Waals surface area contributed by atoms with Crippen molar-refractivity contribution >= 4 is 15.9 Å². The minimum atomic E-state index is -3.86. The Morgan fingerprint density at radius 1 is 1.12 bits per heavy atom. The van der Waals surface area contributed by atoms with Gasteiger partial charge in [0.1, 0.15) is 16.5 Å². The minimum absolute atomic E-state index is 0.0530. The summed E-state index contributed by atoms with van der Waals surface area (Å²) in [5.41, 5.74) is 1.11. The standard InChI is InChI=1S/C24H31FN2O4S/c1-17(2)26-32(29,30)23-15-19(11-14-22(23)31-3)24(28)27(21-7-5-4-6-8-21)16-18-9-12-20(25)13-10-18/h9-15,17,21,26H,4-8,16H2,1-3H3. The number of carbonyl (C=O) groups excluding carboxylic acids is 1. The molecule has 8 heteroatoms. The molecule has 2 aromatic rings. The van der Waals surface area contributed by atoms with Crippen molar-refractivity contribution in [2.75, 3.05) is 7.11 Å². The number of hydrogen-bond donors (Lipinski definition) is 1. The first kappa shape index (κ1) is 24.2. The smallest absolute Gasteiger partial charge is 0.254 e. The Morgan fingerprint density at radius 3 is 2.38 bits per heavy atom. The maximum Gasteiger partial charge on any atom is 0.254 e. The zero-order valence-corrected chi connectivity index (χ0v) is 19.6. The van der Waals surface area contributed by atoms with Gasteiger partial charge in [0.15, 0.2) is 0 Å². The Hall–Kier alpha value is -2.45. The number of nitrogens with one attached hydrogen (secondary N) is 1. The van der Waals surface area contributed by atoms with Crippen LogP contribution in [-0.4, -0.2) is 38.4 Å². The van der Waals surface area contributed by atoms with Crippen molar-refractivity contribution in [1.29, 1.82) is 0 Å². The van der Waals surface area contributed by atoms with Crippen molar-refractivity contribution in [2.45, 2.75) is 69.5 Å². The van der Waals surface area contributed by atoms with Crippen LogP contribution < -0.4 is 9.46 Å². The number of nitrogens with zero attached hydrogens (tertiary/aromatic N) is 1. The molecule has 1 fully saturated rings. The predicted molar refractivity (Wildman–Crippen MR) is 122 cm³/mol. The van der Waals surface area contributed by atoms with E-state index in [4.69, 9.17) is 4.74 Å². The van der Waals surface area contributed by atoms with Crippen LogP contribution in [0.4, 0.5) is 4.39 Å². The predicted octanol–water partition coefficient (Wildman–Crippen LogP) is 4.50. The normalized spacial score (nSPS) is 15.0. The van der Waals surface area contributed by atoms with Gasteiger partial charge in [-0.15, -0.1) is 0 Å². The Balaban J connectivity index is 1.97. The molecule has 0 spiro atoms. The number of sulfonamides is 1. The molecular formula is C24H31FN2O4S. The molecule has 0 aliphatic heterocycles. The largest absolute Gasteiger partial charge is 0.495 e. The van der Waals surface area contributed by atoms with Gasteiger partial charge >= 0.3 is 0 Å². The third-order valence-corrected chi connectivity index (χ3v) is 7.31. The van der Waals surface area contributed by atoms with Crippen molar-refractivity contribution in [3.05, 3.63) is 59.4 Å². The SMILES string of the molecule is COc1ccc(C(=O)N(Cc2ccc(F)cc2)C2CCCCC2)cc1S(=O)(=O)NC(C)C. The number of benzene rings is 2. The molecule has 2 aromatic carbocycles. The molecule has 3 rings (SSSR count). The minimum Gasteiger partial charge on any atom is -0.495 e. The van der Waals surface area contributed by atoms with Crippen LogP contribution in [0.2, 0.25) is 0 Å². The van der Waals surface area contributed by atoms with E-state index < -0.39 is 10.0 Å². The second-order valence-corrected chi connectivity index (χ2v) is 10.2. The Morgan fingerprint density at radius 2 is 1.78 bits per heavy atom. The summed E-state index contributed by atoms with van der Waals surface area (Å²) < 4.78 is 46.8. The number of rotatable bonds is 8. The van der Waals surface area contributed by atoms with Crippen molar-refractivity contribution in [3.63, 3.8) is 0 Å². The fourth-order valence-corrected chi connectivity index (χ4v) is 5.55. The fraction of sp³-hybridized carbons (Fsp3) is 0.458. The van der Waals surface area contributed by atoms with Gasteiger partial charge in [0.25, 0.3) is 5.91 Å². The summed E-state index contributed by atoms with van der Waals surface area (Å²) in [7, 11) is -2.46. The summed E-state index contributed by atoms with van der Waals surface area (Å²) in [6.45, 7) is 3.79. The lowest BCUT2D eigenvalue weighted by Crippen LogP contribution is -2.41. The van der Waals surface area contributed by atoms with Crippen molar-refractivity contribution in [3.8, 4) is 5.75 Å². The van der Waals surface area contributed by atoms with Crippen molar-refractivity contribution in [2.24, 2.45) is 0 Å². The fourth-order valence-electron chi connectivity index (χ4n) is 4.11. The molecule has 1 saturated carbocycles. The van der Waals surface area contributed by atoms with Crippen LogP contribution in [0.3, 0.4) is 0 Å². The average Bonchev–Trinajstić information content (AvgIpc) is 2.77. The van der Waals surface area contributed by atoms with Gasteiger partial charge in [-0.05, 0) is 62.6 Å². The molecule has 0 bridgehead atoms. The molecule has 1 aliphatic carbocycles. The van der Waals surface area contributed by atoms with Crippen LogP contribution in [0.5, 0.6) is 5.75 Å². The van der Waals surface area contributed by atoms with Crippen LogP contribution in [0, 0.1) is 5.82 Å². The van der Waals surface area contributed by atoms with E-state index in [0.29, 0.717) is 6.54 Å². The van der Waals surface area contributed by atoms with Gasteiger partial charge in [0.05, 0.1) is 7.11 Å². The van der Waals surface area contributed by atoms with Gasteiger partial charge in [-0.25, -0.2) is 17.5 Å².